The summed E-state index contributed by atoms with van der Waals surface area (Å²) in [5.41, 5.74) is 1.07. The number of hydrogen-bond acceptors (Lipinski definition) is 2. The Bertz CT molecular complexity index is 406. The van der Waals surface area contributed by atoms with Crippen LogP contribution in [-0.4, -0.2) is 34.8 Å². The fourth-order valence-electron chi connectivity index (χ4n) is 2.67. The summed E-state index contributed by atoms with van der Waals surface area (Å²) in [6, 6.07) is 9.83. The summed E-state index contributed by atoms with van der Waals surface area (Å²) in [4.78, 5) is 12.5. The molecule has 16 heavy (non-hydrogen) atoms. The van der Waals surface area contributed by atoms with Crippen molar-refractivity contribution in [1.29, 1.82) is 0 Å². The highest BCUT2D eigenvalue weighted by Gasteiger charge is 2.48. The topological polar surface area (TPSA) is 49.8 Å². The van der Waals surface area contributed by atoms with Crippen LogP contribution in [0.5, 0.6) is 0 Å². The molecule has 2 heterocycles. The maximum absolute atomic E-state index is 11.0. The molecule has 1 aromatic carbocycles. The van der Waals surface area contributed by atoms with E-state index in [2.05, 4.69) is 0 Å². The Morgan fingerprint density at radius 3 is 2.75 bits per heavy atom. The molecule has 1 amide bonds. The maximum Gasteiger partial charge on any atom is 0.407 e. The number of morpholine rings is 1. The van der Waals surface area contributed by atoms with Crippen LogP contribution in [0.4, 0.5) is 4.79 Å². The molecule has 3 atom stereocenters. The number of nitrogens with zero attached hydrogens (tertiary/aromatic N) is 1. The first-order chi connectivity index (χ1) is 7.75. The van der Waals surface area contributed by atoms with Crippen molar-refractivity contribution in [3.63, 3.8) is 0 Å². The van der Waals surface area contributed by atoms with Crippen molar-refractivity contribution in [3.8, 4) is 0 Å². The van der Waals surface area contributed by atoms with Crippen LogP contribution in [0.15, 0.2) is 30.3 Å². The number of hydrogen-bond donors (Lipinski definition) is 1. The molecule has 0 saturated carbocycles. The van der Waals surface area contributed by atoms with Crippen LogP contribution in [0, 0.1) is 0 Å². The van der Waals surface area contributed by atoms with Crippen molar-refractivity contribution in [2.45, 2.75) is 24.7 Å². The zero-order valence-corrected chi connectivity index (χ0v) is 8.74. The second kappa shape index (κ2) is 3.49. The average Bonchev–Trinajstić information content (AvgIpc) is 2.89. The Morgan fingerprint density at radius 2 is 2.12 bits per heavy atom. The van der Waals surface area contributed by atoms with Gasteiger partial charge in [0.2, 0.25) is 0 Å². The number of likely N-dealkylation sites (tertiary alicyclic amines) is 1. The van der Waals surface area contributed by atoms with Gasteiger partial charge in [0.1, 0.15) is 6.10 Å². The van der Waals surface area contributed by atoms with E-state index in [1.54, 1.807) is 0 Å². The molecular formula is C12H13NO3. The predicted molar refractivity (Wildman–Crippen MR) is 57.2 cm³/mol. The van der Waals surface area contributed by atoms with Gasteiger partial charge >= 0.3 is 6.09 Å². The monoisotopic (exact) mass is 219 g/mol. The van der Waals surface area contributed by atoms with Gasteiger partial charge in [0.05, 0.1) is 18.7 Å². The van der Waals surface area contributed by atoms with E-state index in [-0.39, 0.29) is 18.2 Å². The molecule has 4 nitrogen and oxygen atoms in total. The van der Waals surface area contributed by atoms with Gasteiger partial charge in [-0.25, -0.2) is 4.79 Å². The van der Waals surface area contributed by atoms with Crippen LogP contribution < -0.4 is 0 Å². The molecule has 2 saturated heterocycles. The standard InChI is InChI=1S/C12H13NO3/c14-12(15)13-7-9-6-10(13)11(16-9)8-4-2-1-3-5-8/h1-5,9-11H,6-7H2,(H,14,15)/t9-,10-,11+/m1/s1. The van der Waals surface area contributed by atoms with Gasteiger partial charge in [-0.2, -0.15) is 0 Å². The van der Waals surface area contributed by atoms with E-state index in [0.29, 0.717) is 6.54 Å². The van der Waals surface area contributed by atoms with Crippen LogP contribution in [-0.2, 0) is 4.74 Å². The lowest BCUT2D eigenvalue weighted by atomic mass is 10.0. The maximum atomic E-state index is 11.0. The van der Waals surface area contributed by atoms with E-state index in [1.165, 1.54) is 4.90 Å². The van der Waals surface area contributed by atoms with E-state index >= 15 is 0 Å². The van der Waals surface area contributed by atoms with Gasteiger partial charge in [-0.15, -0.1) is 0 Å². The molecule has 1 N–H and O–H groups in total. The smallest absolute Gasteiger partial charge is 0.407 e. The summed E-state index contributed by atoms with van der Waals surface area (Å²) in [7, 11) is 0. The van der Waals surface area contributed by atoms with Crippen molar-refractivity contribution in [1.82, 2.24) is 4.90 Å². The number of benzene rings is 1. The molecule has 84 valence electrons. The number of amides is 1. The average molecular weight is 219 g/mol. The molecule has 2 aliphatic rings. The largest absolute Gasteiger partial charge is 0.465 e. The SMILES string of the molecule is O=C(O)N1C[C@H]2C[C@@H]1[C@H](c1ccccc1)O2. The predicted octanol–water partition coefficient (Wildman–Crippen LogP) is 1.88. The van der Waals surface area contributed by atoms with Gasteiger partial charge in [0.25, 0.3) is 0 Å². The minimum Gasteiger partial charge on any atom is -0.465 e. The van der Waals surface area contributed by atoms with Crippen LogP contribution in [0.3, 0.4) is 0 Å². The fourth-order valence-corrected chi connectivity index (χ4v) is 2.67. The van der Waals surface area contributed by atoms with Gasteiger partial charge in [0, 0.05) is 0 Å². The Hall–Kier alpha value is -1.55. The highest BCUT2D eigenvalue weighted by atomic mass is 16.5. The minimum absolute atomic E-state index is 0.00935. The highest BCUT2D eigenvalue weighted by molar-refractivity contribution is 5.66. The van der Waals surface area contributed by atoms with Crippen molar-refractivity contribution in [2.24, 2.45) is 0 Å². The molecule has 3 rings (SSSR count). The Kier molecular flexibility index (Phi) is 2.11. The zero-order chi connectivity index (χ0) is 11.1. The van der Waals surface area contributed by atoms with Crippen LogP contribution in [0.2, 0.25) is 0 Å². The summed E-state index contributed by atoms with van der Waals surface area (Å²) in [6.45, 7) is 0.517. The molecule has 0 aromatic heterocycles. The zero-order valence-electron chi connectivity index (χ0n) is 8.74. The molecule has 2 fully saturated rings. The van der Waals surface area contributed by atoms with Crippen molar-refractivity contribution < 1.29 is 14.6 Å². The summed E-state index contributed by atoms with van der Waals surface area (Å²) in [6.07, 6.45) is -0.0228. The molecular weight excluding hydrogens is 206 g/mol. The van der Waals surface area contributed by atoms with E-state index in [4.69, 9.17) is 9.84 Å². The van der Waals surface area contributed by atoms with E-state index in [1.807, 2.05) is 30.3 Å². The van der Waals surface area contributed by atoms with Crippen molar-refractivity contribution in [3.05, 3.63) is 35.9 Å². The Balaban J connectivity index is 1.87. The van der Waals surface area contributed by atoms with Gasteiger partial charge < -0.3 is 9.84 Å². The summed E-state index contributed by atoms with van der Waals surface area (Å²) in [5, 5.41) is 9.07. The van der Waals surface area contributed by atoms with Gasteiger partial charge in [0.15, 0.2) is 0 Å². The Morgan fingerprint density at radius 1 is 1.38 bits per heavy atom. The lowest BCUT2D eigenvalue weighted by Gasteiger charge is -2.31. The molecule has 1 aromatic rings. The lowest BCUT2D eigenvalue weighted by molar-refractivity contribution is -0.0287. The summed E-state index contributed by atoms with van der Waals surface area (Å²) < 4.78 is 5.82. The third kappa shape index (κ3) is 1.38. The van der Waals surface area contributed by atoms with Crippen LogP contribution >= 0.6 is 0 Å². The second-order valence-electron chi connectivity index (χ2n) is 4.33. The summed E-state index contributed by atoms with van der Waals surface area (Å²) >= 11 is 0. The van der Waals surface area contributed by atoms with Crippen LogP contribution in [0.25, 0.3) is 0 Å². The second-order valence-corrected chi connectivity index (χ2v) is 4.33. The number of rotatable bonds is 1. The number of carboxylic acid groups (broad SMARTS) is 1. The highest BCUT2D eigenvalue weighted by Crippen LogP contribution is 2.41. The Labute approximate surface area is 93.4 Å². The fraction of sp³-hybridized carbons (Fsp3) is 0.417. The number of ether oxygens (including phenoxy) is 1. The molecule has 4 heteroatoms. The third-order valence-corrected chi connectivity index (χ3v) is 3.37. The normalized spacial score (nSPS) is 32.0. The minimum atomic E-state index is -0.836. The van der Waals surface area contributed by atoms with Crippen LogP contribution in [0.1, 0.15) is 18.1 Å². The first kappa shape index (κ1) is 9.66. The lowest BCUT2D eigenvalue weighted by Crippen LogP contribution is -2.42. The molecule has 0 unspecified atom stereocenters. The molecule has 0 spiro atoms. The number of fused-ring (bicyclic) bond motifs is 2. The van der Waals surface area contributed by atoms with Gasteiger partial charge in [-0.05, 0) is 12.0 Å². The van der Waals surface area contributed by atoms with Crippen molar-refractivity contribution in [2.75, 3.05) is 6.54 Å². The molecule has 0 aliphatic carbocycles. The van der Waals surface area contributed by atoms with E-state index < -0.39 is 6.09 Å². The van der Waals surface area contributed by atoms with Crippen molar-refractivity contribution >= 4 is 6.09 Å². The summed E-state index contributed by atoms with van der Waals surface area (Å²) in [5.74, 6) is 0. The van der Waals surface area contributed by atoms with E-state index in [0.717, 1.165) is 12.0 Å². The first-order valence-corrected chi connectivity index (χ1v) is 5.45. The third-order valence-electron chi connectivity index (χ3n) is 3.37. The van der Waals surface area contributed by atoms with Gasteiger partial charge in [-0.1, -0.05) is 30.3 Å². The van der Waals surface area contributed by atoms with Gasteiger partial charge in [-0.3, -0.25) is 4.90 Å². The number of carbonyl (C=O) groups is 1. The molecule has 2 bridgehead atoms. The first-order valence-electron chi connectivity index (χ1n) is 5.45. The molecule has 0 radical (unpaired) electrons. The van der Waals surface area contributed by atoms with E-state index in [9.17, 15) is 4.79 Å². The quantitative estimate of drug-likeness (QED) is 0.784. The molecule has 2 aliphatic heterocycles.